The van der Waals surface area contributed by atoms with Crippen molar-refractivity contribution in [3.8, 4) is 5.75 Å². The Balaban J connectivity index is 1.37. The standard InChI is InChI=1S/C25H26N2O3S2/c1-25(2,3)15-9-10-17-19(13-15)32-23-20(17)22(28)26-21(27-23)14-6-4-7-16(12-14)30-24(29)18-8-5-11-31-18/h4-8,11-12,15,21,27H,9-10,13H2,1-3H3,(H,26,28)/t15-,21+/m1/s1. The van der Waals surface area contributed by atoms with Crippen LogP contribution in [0.15, 0.2) is 41.8 Å². The van der Waals surface area contributed by atoms with Crippen LogP contribution in [-0.4, -0.2) is 11.9 Å². The van der Waals surface area contributed by atoms with E-state index < -0.39 is 0 Å². The number of hydrogen-bond acceptors (Lipinski definition) is 6. The second-order valence-corrected chi connectivity index (χ2v) is 11.6. The molecule has 0 unspecified atom stereocenters. The molecule has 5 nitrogen and oxygen atoms in total. The van der Waals surface area contributed by atoms with Crippen molar-refractivity contribution in [2.75, 3.05) is 5.32 Å². The predicted octanol–water partition coefficient (Wildman–Crippen LogP) is 6.03. The Kier molecular flexibility index (Phi) is 5.34. The number of carbonyl (C=O) groups excluding carboxylic acids is 2. The van der Waals surface area contributed by atoms with Gasteiger partial charge in [0.1, 0.15) is 21.8 Å². The molecule has 1 aliphatic heterocycles. The molecular weight excluding hydrogens is 440 g/mol. The number of carbonyl (C=O) groups is 2. The molecule has 0 saturated heterocycles. The molecule has 2 aromatic heterocycles. The first kappa shape index (κ1) is 21.2. The Morgan fingerprint density at radius 3 is 2.75 bits per heavy atom. The van der Waals surface area contributed by atoms with Gasteiger partial charge in [0.25, 0.3) is 5.91 Å². The van der Waals surface area contributed by atoms with E-state index in [0.29, 0.717) is 16.5 Å². The van der Waals surface area contributed by atoms with Crippen molar-refractivity contribution in [3.63, 3.8) is 0 Å². The summed E-state index contributed by atoms with van der Waals surface area (Å²) in [6, 6.07) is 10.9. The van der Waals surface area contributed by atoms with Crippen molar-refractivity contribution in [1.29, 1.82) is 0 Å². The molecule has 1 aliphatic carbocycles. The molecule has 32 heavy (non-hydrogen) atoms. The Hall–Kier alpha value is -2.64. The largest absolute Gasteiger partial charge is 0.422 e. The van der Waals surface area contributed by atoms with Crippen LogP contribution in [0, 0.1) is 11.3 Å². The van der Waals surface area contributed by atoms with Gasteiger partial charge in [-0.1, -0.05) is 39.0 Å². The Morgan fingerprint density at radius 2 is 2.00 bits per heavy atom. The summed E-state index contributed by atoms with van der Waals surface area (Å²) < 4.78 is 5.53. The highest BCUT2D eigenvalue weighted by Gasteiger charge is 2.36. The molecule has 0 bridgehead atoms. The second kappa shape index (κ2) is 8.05. The number of hydrogen-bond donors (Lipinski definition) is 2. The van der Waals surface area contributed by atoms with E-state index in [-0.39, 0.29) is 23.5 Å². The number of amides is 1. The normalized spacial score (nSPS) is 20.0. The van der Waals surface area contributed by atoms with Gasteiger partial charge in [0.05, 0.1) is 5.56 Å². The van der Waals surface area contributed by atoms with E-state index in [4.69, 9.17) is 4.74 Å². The van der Waals surface area contributed by atoms with Gasteiger partial charge in [0.2, 0.25) is 0 Å². The molecule has 5 rings (SSSR count). The highest BCUT2D eigenvalue weighted by Crippen LogP contribution is 2.46. The predicted molar refractivity (Wildman–Crippen MR) is 129 cm³/mol. The molecule has 166 valence electrons. The SMILES string of the molecule is CC(C)(C)[C@@H]1CCc2c(sc3c2C(=O)N[C@H](c2cccc(OC(=O)c4cccs4)c2)N3)C1. The molecule has 1 aromatic carbocycles. The lowest BCUT2D eigenvalue weighted by Crippen LogP contribution is -2.38. The van der Waals surface area contributed by atoms with Crippen molar-refractivity contribution >= 4 is 39.6 Å². The van der Waals surface area contributed by atoms with Crippen molar-refractivity contribution in [3.05, 3.63) is 68.2 Å². The molecular formula is C25H26N2O3S2. The van der Waals surface area contributed by atoms with Gasteiger partial charge < -0.3 is 15.4 Å². The molecule has 2 N–H and O–H groups in total. The third kappa shape index (κ3) is 3.95. The van der Waals surface area contributed by atoms with Crippen LogP contribution in [0.2, 0.25) is 0 Å². The number of benzene rings is 1. The summed E-state index contributed by atoms with van der Waals surface area (Å²) >= 11 is 3.06. The van der Waals surface area contributed by atoms with Gasteiger partial charge >= 0.3 is 5.97 Å². The van der Waals surface area contributed by atoms with Gasteiger partial charge in [0, 0.05) is 4.88 Å². The molecule has 3 heterocycles. The van der Waals surface area contributed by atoms with E-state index in [1.54, 1.807) is 29.5 Å². The van der Waals surface area contributed by atoms with Crippen LogP contribution in [0.4, 0.5) is 5.00 Å². The maximum absolute atomic E-state index is 13.1. The fourth-order valence-electron chi connectivity index (χ4n) is 4.51. The van der Waals surface area contributed by atoms with Crippen LogP contribution in [0.3, 0.4) is 0 Å². The van der Waals surface area contributed by atoms with E-state index in [2.05, 4.69) is 31.4 Å². The zero-order valence-electron chi connectivity index (χ0n) is 18.4. The number of ether oxygens (including phenoxy) is 1. The minimum Gasteiger partial charge on any atom is -0.422 e. The zero-order chi connectivity index (χ0) is 22.5. The topological polar surface area (TPSA) is 67.4 Å². The lowest BCUT2D eigenvalue weighted by Gasteiger charge is -2.34. The minimum atomic E-state index is -0.376. The molecule has 0 fully saturated rings. The summed E-state index contributed by atoms with van der Waals surface area (Å²) in [7, 11) is 0. The third-order valence-electron chi connectivity index (χ3n) is 6.39. The van der Waals surface area contributed by atoms with Gasteiger partial charge in [-0.25, -0.2) is 4.79 Å². The van der Waals surface area contributed by atoms with Gasteiger partial charge in [-0.3, -0.25) is 4.79 Å². The summed E-state index contributed by atoms with van der Waals surface area (Å²) in [4.78, 5) is 27.3. The van der Waals surface area contributed by atoms with E-state index in [1.165, 1.54) is 21.8 Å². The lowest BCUT2D eigenvalue weighted by atomic mass is 9.72. The van der Waals surface area contributed by atoms with Gasteiger partial charge in [-0.2, -0.15) is 0 Å². The number of rotatable bonds is 3. The molecule has 0 spiro atoms. The monoisotopic (exact) mass is 466 g/mol. The number of fused-ring (bicyclic) bond motifs is 3. The van der Waals surface area contributed by atoms with Crippen molar-refractivity contribution in [2.24, 2.45) is 11.3 Å². The quantitative estimate of drug-likeness (QED) is 0.365. The number of anilines is 1. The molecule has 2 aliphatic rings. The fourth-order valence-corrected chi connectivity index (χ4v) is 6.47. The van der Waals surface area contributed by atoms with E-state index >= 15 is 0 Å². The van der Waals surface area contributed by atoms with Crippen LogP contribution >= 0.6 is 22.7 Å². The zero-order valence-corrected chi connectivity index (χ0v) is 20.0. The number of esters is 1. The number of nitrogens with one attached hydrogen (secondary N) is 2. The van der Waals surface area contributed by atoms with Gasteiger partial charge in [-0.15, -0.1) is 22.7 Å². The molecule has 2 atom stereocenters. The average molecular weight is 467 g/mol. The Morgan fingerprint density at radius 1 is 1.16 bits per heavy atom. The summed E-state index contributed by atoms with van der Waals surface area (Å²) in [6.45, 7) is 6.90. The van der Waals surface area contributed by atoms with Crippen LogP contribution < -0.4 is 15.4 Å². The van der Waals surface area contributed by atoms with Crippen LogP contribution in [0.5, 0.6) is 5.75 Å². The van der Waals surface area contributed by atoms with E-state index in [1.807, 2.05) is 23.6 Å². The maximum atomic E-state index is 13.1. The maximum Gasteiger partial charge on any atom is 0.353 e. The summed E-state index contributed by atoms with van der Waals surface area (Å²) in [5, 5.41) is 9.39. The highest BCUT2D eigenvalue weighted by atomic mass is 32.1. The molecule has 3 aromatic rings. The summed E-state index contributed by atoms with van der Waals surface area (Å²) in [5.41, 5.74) is 3.14. The van der Waals surface area contributed by atoms with E-state index in [0.717, 1.165) is 35.4 Å². The Bertz CT molecular complexity index is 1170. The van der Waals surface area contributed by atoms with Crippen LogP contribution in [-0.2, 0) is 12.8 Å². The average Bonchev–Trinajstić information content (AvgIpc) is 3.41. The highest BCUT2D eigenvalue weighted by molar-refractivity contribution is 7.16. The first-order chi connectivity index (χ1) is 15.3. The molecule has 0 saturated carbocycles. The second-order valence-electron chi connectivity index (χ2n) is 9.50. The van der Waals surface area contributed by atoms with Crippen molar-refractivity contribution < 1.29 is 14.3 Å². The lowest BCUT2D eigenvalue weighted by molar-refractivity contribution is 0.0739. The minimum absolute atomic E-state index is 0.0311. The smallest absolute Gasteiger partial charge is 0.353 e. The number of thiophene rings is 2. The first-order valence-corrected chi connectivity index (χ1v) is 12.6. The van der Waals surface area contributed by atoms with Crippen LogP contribution in [0.25, 0.3) is 0 Å². The van der Waals surface area contributed by atoms with Crippen LogP contribution in [0.1, 0.15) is 69.4 Å². The van der Waals surface area contributed by atoms with Gasteiger partial charge in [-0.05, 0) is 65.3 Å². The van der Waals surface area contributed by atoms with Crippen molar-refractivity contribution in [1.82, 2.24) is 5.32 Å². The first-order valence-electron chi connectivity index (χ1n) is 10.9. The third-order valence-corrected chi connectivity index (χ3v) is 8.43. The Labute approximate surface area is 195 Å². The summed E-state index contributed by atoms with van der Waals surface area (Å²) in [5.74, 6) is 0.681. The fraction of sp³-hybridized carbons (Fsp3) is 0.360. The summed E-state index contributed by atoms with van der Waals surface area (Å²) in [6.07, 6.45) is 2.74. The molecule has 7 heteroatoms. The van der Waals surface area contributed by atoms with Gasteiger partial charge in [0.15, 0.2) is 0 Å². The molecule has 0 radical (unpaired) electrons. The molecule has 1 amide bonds. The van der Waals surface area contributed by atoms with Crippen molar-refractivity contribution in [2.45, 2.75) is 46.2 Å². The van der Waals surface area contributed by atoms with E-state index in [9.17, 15) is 9.59 Å².